The summed E-state index contributed by atoms with van der Waals surface area (Å²) in [6, 6.07) is 8.16. The first-order chi connectivity index (χ1) is 7.25. The second kappa shape index (κ2) is 3.08. The van der Waals surface area contributed by atoms with Gasteiger partial charge in [-0.15, -0.1) is 0 Å². The summed E-state index contributed by atoms with van der Waals surface area (Å²) in [6.45, 7) is 0.939. The Labute approximate surface area is 97.4 Å². The maximum Gasteiger partial charge on any atom is 0.254 e. The van der Waals surface area contributed by atoms with Gasteiger partial charge >= 0.3 is 0 Å². The summed E-state index contributed by atoms with van der Waals surface area (Å²) in [4.78, 5) is 13.9. The molecule has 1 aromatic rings. The number of nitrogens with zero attached hydrogens (tertiary/aromatic N) is 1. The van der Waals surface area contributed by atoms with Crippen molar-refractivity contribution in [2.75, 3.05) is 6.54 Å². The number of hydrogen-bond donors (Lipinski definition) is 0. The van der Waals surface area contributed by atoms with E-state index < -0.39 is 0 Å². The van der Waals surface area contributed by atoms with Crippen molar-refractivity contribution in [1.29, 1.82) is 0 Å². The van der Waals surface area contributed by atoms with Gasteiger partial charge in [-0.05, 0) is 37.0 Å². The van der Waals surface area contributed by atoms with Crippen molar-refractivity contribution in [2.45, 2.75) is 24.8 Å². The standard InChI is InChI=1S/C12H12BrNO/c13-10-5-3-9(4-6-10)12-7-1-2-8-14(12)11(12)15/h3-6H,1-2,7-8H2. The summed E-state index contributed by atoms with van der Waals surface area (Å²) in [5, 5.41) is 0. The van der Waals surface area contributed by atoms with Crippen molar-refractivity contribution in [3.05, 3.63) is 34.3 Å². The Morgan fingerprint density at radius 2 is 1.93 bits per heavy atom. The second-order valence-corrected chi connectivity index (χ2v) is 5.20. The Hall–Kier alpha value is -0.830. The maximum atomic E-state index is 11.8. The van der Waals surface area contributed by atoms with E-state index in [1.807, 2.05) is 17.0 Å². The van der Waals surface area contributed by atoms with E-state index in [0.29, 0.717) is 5.91 Å². The number of benzene rings is 1. The largest absolute Gasteiger partial charge is 0.322 e. The van der Waals surface area contributed by atoms with Crippen LogP contribution in [0.2, 0.25) is 0 Å². The number of halogens is 1. The predicted molar refractivity (Wildman–Crippen MR) is 61.4 cm³/mol. The summed E-state index contributed by atoms with van der Waals surface area (Å²) >= 11 is 3.42. The molecule has 0 aliphatic carbocycles. The summed E-state index contributed by atoms with van der Waals surface area (Å²) in [5.74, 6) is 0.322. The molecule has 2 heterocycles. The van der Waals surface area contributed by atoms with Gasteiger partial charge in [-0.1, -0.05) is 28.1 Å². The molecule has 3 heteroatoms. The highest BCUT2D eigenvalue weighted by atomic mass is 79.9. The van der Waals surface area contributed by atoms with Gasteiger partial charge in [0.15, 0.2) is 0 Å². The quantitative estimate of drug-likeness (QED) is 0.715. The van der Waals surface area contributed by atoms with Gasteiger partial charge in [-0.2, -0.15) is 0 Å². The maximum absolute atomic E-state index is 11.8. The molecule has 15 heavy (non-hydrogen) atoms. The predicted octanol–water partition coefficient (Wildman–Crippen LogP) is 2.67. The second-order valence-electron chi connectivity index (χ2n) is 4.28. The van der Waals surface area contributed by atoms with Crippen LogP contribution in [-0.4, -0.2) is 17.4 Å². The van der Waals surface area contributed by atoms with E-state index in [1.165, 1.54) is 0 Å². The average molecular weight is 266 g/mol. The third-order valence-electron chi connectivity index (χ3n) is 3.50. The first-order valence-corrected chi connectivity index (χ1v) is 6.12. The van der Waals surface area contributed by atoms with Crippen molar-refractivity contribution in [1.82, 2.24) is 4.90 Å². The number of hydrogen-bond acceptors (Lipinski definition) is 1. The molecule has 0 radical (unpaired) electrons. The highest BCUT2D eigenvalue weighted by Gasteiger charge is 2.63. The molecule has 0 bridgehead atoms. The Balaban J connectivity index is 2.00. The molecule has 3 rings (SSSR count). The van der Waals surface area contributed by atoms with Crippen LogP contribution in [-0.2, 0) is 10.3 Å². The van der Waals surface area contributed by atoms with Crippen molar-refractivity contribution in [2.24, 2.45) is 0 Å². The Morgan fingerprint density at radius 1 is 1.20 bits per heavy atom. The molecule has 2 fully saturated rings. The van der Waals surface area contributed by atoms with Crippen molar-refractivity contribution in [3.63, 3.8) is 0 Å². The van der Waals surface area contributed by atoms with Crippen LogP contribution in [0.3, 0.4) is 0 Å². The van der Waals surface area contributed by atoms with E-state index in [9.17, 15) is 4.79 Å². The SMILES string of the molecule is O=C1N2CCCCC12c1ccc(Br)cc1. The van der Waals surface area contributed by atoms with E-state index in [2.05, 4.69) is 28.1 Å². The molecule has 1 unspecified atom stereocenters. The fourth-order valence-electron chi connectivity index (χ4n) is 2.64. The molecule has 2 aliphatic rings. The number of rotatable bonds is 1. The Bertz CT molecular complexity index is 414. The minimum Gasteiger partial charge on any atom is -0.322 e. The van der Waals surface area contributed by atoms with Crippen LogP contribution < -0.4 is 0 Å². The molecule has 2 saturated heterocycles. The molecule has 0 N–H and O–H groups in total. The zero-order valence-corrected chi connectivity index (χ0v) is 9.96. The highest BCUT2D eigenvalue weighted by molar-refractivity contribution is 9.10. The van der Waals surface area contributed by atoms with E-state index in [4.69, 9.17) is 0 Å². The molecular weight excluding hydrogens is 254 g/mol. The number of amides is 1. The van der Waals surface area contributed by atoms with Crippen LogP contribution in [0.15, 0.2) is 28.7 Å². The normalized spacial score (nSPS) is 28.9. The van der Waals surface area contributed by atoms with Crippen LogP contribution in [0, 0.1) is 0 Å². The van der Waals surface area contributed by atoms with Gasteiger partial charge in [-0.3, -0.25) is 4.79 Å². The lowest BCUT2D eigenvalue weighted by atomic mass is 9.91. The van der Waals surface area contributed by atoms with Gasteiger partial charge in [0, 0.05) is 11.0 Å². The fourth-order valence-corrected chi connectivity index (χ4v) is 2.91. The van der Waals surface area contributed by atoms with Crippen LogP contribution in [0.5, 0.6) is 0 Å². The number of piperidine rings is 1. The van der Waals surface area contributed by atoms with Gasteiger partial charge in [0.1, 0.15) is 5.54 Å². The Kier molecular flexibility index (Phi) is 1.93. The zero-order valence-electron chi connectivity index (χ0n) is 8.37. The highest BCUT2D eigenvalue weighted by Crippen LogP contribution is 2.51. The summed E-state index contributed by atoms with van der Waals surface area (Å²) in [5.41, 5.74) is 0.925. The molecule has 0 saturated carbocycles. The first kappa shape index (κ1) is 9.40. The molecule has 1 amide bonds. The molecule has 78 valence electrons. The van der Waals surface area contributed by atoms with Crippen molar-refractivity contribution < 1.29 is 4.79 Å². The Morgan fingerprint density at radius 3 is 2.60 bits per heavy atom. The summed E-state index contributed by atoms with van der Waals surface area (Å²) in [7, 11) is 0. The van der Waals surface area contributed by atoms with E-state index >= 15 is 0 Å². The lowest BCUT2D eigenvalue weighted by Crippen LogP contribution is -2.22. The van der Waals surface area contributed by atoms with Crippen LogP contribution >= 0.6 is 15.9 Å². The molecule has 0 aromatic heterocycles. The minimum absolute atomic E-state index is 0.237. The fraction of sp³-hybridized carbons (Fsp3) is 0.417. The van der Waals surface area contributed by atoms with Crippen LogP contribution in [0.4, 0.5) is 0 Å². The molecule has 1 aromatic carbocycles. The average Bonchev–Trinajstić information content (AvgIpc) is 2.88. The number of carbonyl (C=O) groups is 1. The van der Waals surface area contributed by atoms with Gasteiger partial charge in [0.2, 0.25) is 0 Å². The van der Waals surface area contributed by atoms with Crippen LogP contribution in [0.25, 0.3) is 0 Å². The number of fused-ring (bicyclic) bond motifs is 1. The van der Waals surface area contributed by atoms with Crippen molar-refractivity contribution >= 4 is 21.8 Å². The van der Waals surface area contributed by atoms with Crippen LogP contribution in [0.1, 0.15) is 24.8 Å². The molecule has 0 spiro atoms. The van der Waals surface area contributed by atoms with Gasteiger partial charge in [0.25, 0.3) is 5.91 Å². The van der Waals surface area contributed by atoms with Gasteiger partial charge in [0.05, 0.1) is 0 Å². The monoisotopic (exact) mass is 265 g/mol. The number of carbonyl (C=O) groups excluding carboxylic acids is 1. The zero-order chi connectivity index (χ0) is 10.5. The third kappa shape index (κ3) is 1.19. The summed E-state index contributed by atoms with van der Waals surface area (Å²) in [6.07, 6.45) is 3.32. The van der Waals surface area contributed by atoms with Gasteiger partial charge in [-0.25, -0.2) is 0 Å². The molecule has 2 nitrogen and oxygen atoms in total. The van der Waals surface area contributed by atoms with E-state index in [0.717, 1.165) is 35.8 Å². The smallest absolute Gasteiger partial charge is 0.254 e. The minimum atomic E-state index is -0.237. The van der Waals surface area contributed by atoms with Gasteiger partial charge < -0.3 is 4.90 Å². The molecule has 1 atom stereocenters. The van der Waals surface area contributed by atoms with Crippen molar-refractivity contribution in [3.8, 4) is 0 Å². The third-order valence-corrected chi connectivity index (χ3v) is 4.03. The molecular formula is C12H12BrNO. The lowest BCUT2D eigenvalue weighted by molar-refractivity contribution is -0.114. The lowest BCUT2D eigenvalue weighted by Gasteiger charge is -2.20. The van der Waals surface area contributed by atoms with E-state index in [-0.39, 0.29) is 5.54 Å². The summed E-state index contributed by atoms with van der Waals surface area (Å²) < 4.78 is 1.07. The molecule has 2 aliphatic heterocycles. The first-order valence-electron chi connectivity index (χ1n) is 5.33. The topological polar surface area (TPSA) is 20.1 Å². The van der Waals surface area contributed by atoms with E-state index in [1.54, 1.807) is 0 Å².